The molecular formula is C18H17F2N3O4S. The van der Waals surface area contributed by atoms with Crippen molar-refractivity contribution in [3.05, 3.63) is 66.7 Å². The molecule has 7 nitrogen and oxygen atoms in total. The van der Waals surface area contributed by atoms with Crippen LogP contribution in [0.5, 0.6) is 5.75 Å². The van der Waals surface area contributed by atoms with Gasteiger partial charge in [0.2, 0.25) is 0 Å². The third-order valence-electron chi connectivity index (χ3n) is 3.40. The third-order valence-corrected chi connectivity index (χ3v) is 5.07. The summed E-state index contributed by atoms with van der Waals surface area (Å²) in [6.07, 6.45) is 7.02. The fraction of sp³-hybridized carbons (Fsp3) is 0.111. The van der Waals surface area contributed by atoms with Crippen LogP contribution in [0, 0.1) is 0 Å². The summed E-state index contributed by atoms with van der Waals surface area (Å²) in [4.78, 5) is 15.3. The van der Waals surface area contributed by atoms with E-state index in [1.807, 2.05) is 0 Å². The molecule has 28 heavy (non-hydrogen) atoms. The van der Waals surface area contributed by atoms with Crippen molar-refractivity contribution in [2.45, 2.75) is 18.4 Å². The second-order valence-corrected chi connectivity index (χ2v) is 7.06. The monoisotopic (exact) mass is 409 g/mol. The fourth-order valence-corrected chi connectivity index (χ4v) is 3.47. The molecule has 148 valence electrons. The molecule has 1 aromatic heterocycles. The number of allylic oxidation sites excluding steroid dienone is 3. The summed E-state index contributed by atoms with van der Waals surface area (Å²) in [7, 11) is -4.22. The van der Waals surface area contributed by atoms with Crippen molar-refractivity contribution in [1.82, 2.24) is 3.97 Å². The molecule has 0 aliphatic heterocycles. The van der Waals surface area contributed by atoms with Crippen LogP contribution in [0.15, 0.2) is 76.5 Å². The lowest BCUT2D eigenvalue weighted by molar-refractivity contribution is -0.112. The van der Waals surface area contributed by atoms with Crippen LogP contribution in [0.2, 0.25) is 0 Å². The minimum atomic E-state index is -4.22. The minimum Gasteiger partial charge on any atom is -0.433 e. The summed E-state index contributed by atoms with van der Waals surface area (Å²) < 4.78 is 55.6. The van der Waals surface area contributed by atoms with Crippen LogP contribution in [0.3, 0.4) is 0 Å². The number of hydrogen-bond donors (Lipinski definition) is 1. The van der Waals surface area contributed by atoms with Crippen molar-refractivity contribution >= 4 is 28.3 Å². The number of alkyl halides is 2. The molecule has 0 saturated carbocycles. The predicted molar refractivity (Wildman–Crippen MR) is 101 cm³/mol. The lowest BCUT2D eigenvalue weighted by atomic mass is 10.3. The van der Waals surface area contributed by atoms with Gasteiger partial charge in [0.15, 0.2) is 0 Å². The topological polar surface area (TPSA) is 89.8 Å². The number of benzene rings is 1. The number of carbonyl (C=O) groups is 1. The van der Waals surface area contributed by atoms with E-state index >= 15 is 0 Å². The Morgan fingerprint density at radius 1 is 1.32 bits per heavy atom. The Balaban J connectivity index is 2.31. The number of carbonyl (C=O) groups excluding carboxylic acids is 1. The van der Waals surface area contributed by atoms with Crippen LogP contribution in [0.4, 0.5) is 14.5 Å². The lowest BCUT2D eigenvalue weighted by Gasteiger charge is -2.11. The zero-order valence-electron chi connectivity index (χ0n) is 14.7. The Hall–Kier alpha value is -3.27. The molecule has 0 fully saturated rings. The van der Waals surface area contributed by atoms with Crippen LogP contribution in [0.1, 0.15) is 6.92 Å². The summed E-state index contributed by atoms with van der Waals surface area (Å²) in [6, 6.07) is 6.36. The Labute approximate surface area is 160 Å². The Morgan fingerprint density at radius 2 is 2.04 bits per heavy atom. The quantitative estimate of drug-likeness (QED) is 0.411. The van der Waals surface area contributed by atoms with Crippen molar-refractivity contribution in [1.29, 1.82) is 0 Å². The summed E-state index contributed by atoms with van der Waals surface area (Å²) >= 11 is 0. The van der Waals surface area contributed by atoms with E-state index in [9.17, 15) is 22.0 Å². The van der Waals surface area contributed by atoms with Crippen LogP contribution in [-0.2, 0) is 14.8 Å². The summed E-state index contributed by atoms with van der Waals surface area (Å²) in [6.45, 7) is 1.89. The van der Waals surface area contributed by atoms with E-state index < -0.39 is 33.2 Å². The molecule has 0 aliphatic carbocycles. The Morgan fingerprint density at radius 3 is 2.68 bits per heavy atom. The normalized spacial score (nSPS) is 12.4. The largest absolute Gasteiger partial charge is 0.433 e. The van der Waals surface area contributed by atoms with E-state index in [4.69, 9.17) is 0 Å². The first kappa shape index (κ1) is 21.0. The van der Waals surface area contributed by atoms with Gasteiger partial charge in [-0.1, -0.05) is 24.3 Å². The molecule has 0 unspecified atom stereocenters. The third kappa shape index (κ3) is 4.92. The molecule has 0 bridgehead atoms. The van der Waals surface area contributed by atoms with Gasteiger partial charge >= 0.3 is 6.61 Å². The van der Waals surface area contributed by atoms with E-state index in [2.05, 4.69) is 21.8 Å². The van der Waals surface area contributed by atoms with Crippen LogP contribution < -0.4 is 10.1 Å². The maximum atomic E-state index is 12.7. The van der Waals surface area contributed by atoms with Gasteiger partial charge in [-0.3, -0.25) is 9.79 Å². The molecule has 0 spiro atoms. The second kappa shape index (κ2) is 9.09. The molecule has 1 N–H and O–H groups in total. The van der Waals surface area contributed by atoms with Crippen LogP contribution >= 0.6 is 0 Å². The van der Waals surface area contributed by atoms with Gasteiger partial charge in [-0.25, -0.2) is 12.4 Å². The zero-order chi connectivity index (χ0) is 20.7. The maximum absolute atomic E-state index is 12.7. The molecule has 0 radical (unpaired) electrons. The number of aliphatic imine (C=N–C) groups is 1. The highest BCUT2D eigenvalue weighted by Gasteiger charge is 2.23. The van der Waals surface area contributed by atoms with Crippen LogP contribution in [-0.4, -0.2) is 31.6 Å². The number of hydrogen-bond acceptors (Lipinski definition) is 5. The average Bonchev–Trinajstić information content (AvgIpc) is 3.11. The molecule has 0 atom stereocenters. The molecule has 2 aromatic rings. The molecule has 0 saturated heterocycles. The van der Waals surface area contributed by atoms with E-state index in [0.717, 1.165) is 22.3 Å². The van der Waals surface area contributed by atoms with Gasteiger partial charge in [-0.2, -0.15) is 8.78 Å². The SMILES string of the molecule is C=NC(=CC=CC)C(=O)Nc1ccn(S(=O)(=O)c2ccccc2OC(F)F)c1. The predicted octanol–water partition coefficient (Wildman–Crippen LogP) is 3.43. The maximum Gasteiger partial charge on any atom is 0.387 e. The van der Waals surface area contributed by atoms with Gasteiger partial charge in [0.25, 0.3) is 15.9 Å². The van der Waals surface area contributed by atoms with Gasteiger partial charge in [0.1, 0.15) is 16.3 Å². The molecule has 1 heterocycles. The number of amides is 1. The number of nitrogens with one attached hydrogen (secondary N) is 1. The minimum absolute atomic E-state index is 0.0318. The van der Waals surface area contributed by atoms with E-state index in [1.54, 1.807) is 19.1 Å². The first-order valence-corrected chi connectivity index (χ1v) is 9.32. The number of ether oxygens (including phenoxy) is 1. The number of rotatable bonds is 8. The Bertz CT molecular complexity index is 1030. The highest BCUT2D eigenvalue weighted by atomic mass is 32.2. The summed E-state index contributed by atoms with van der Waals surface area (Å²) in [5.74, 6) is -1.08. The van der Waals surface area contributed by atoms with E-state index in [-0.39, 0.29) is 11.4 Å². The lowest BCUT2D eigenvalue weighted by Crippen LogP contribution is -2.15. The average molecular weight is 409 g/mol. The van der Waals surface area contributed by atoms with Crippen molar-refractivity contribution < 1.29 is 26.7 Å². The van der Waals surface area contributed by atoms with Gasteiger partial charge in [-0.05, 0) is 37.9 Å². The van der Waals surface area contributed by atoms with Gasteiger partial charge < -0.3 is 10.1 Å². The van der Waals surface area contributed by atoms with Crippen molar-refractivity contribution in [3.8, 4) is 5.75 Å². The van der Waals surface area contributed by atoms with Gasteiger partial charge in [0, 0.05) is 12.4 Å². The highest BCUT2D eigenvalue weighted by Crippen LogP contribution is 2.27. The van der Waals surface area contributed by atoms with E-state index in [0.29, 0.717) is 0 Å². The first-order valence-electron chi connectivity index (χ1n) is 7.88. The number of aromatic nitrogens is 1. The fourth-order valence-electron chi connectivity index (χ4n) is 2.15. The number of para-hydroxylation sites is 1. The van der Waals surface area contributed by atoms with Crippen molar-refractivity contribution in [2.24, 2.45) is 4.99 Å². The molecule has 1 aromatic carbocycles. The zero-order valence-corrected chi connectivity index (χ0v) is 15.6. The van der Waals surface area contributed by atoms with Gasteiger partial charge in [0.05, 0.1) is 5.69 Å². The highest BCUT2D eigenvalue weighted by molar-refractivity contribution is 7.90. The number of nitrogens with zero attached hydrogens (tertiary/aromatic N) is 2. The standard InChI is InChI=1S/C18H17F2N3O4S/c1-3-4-7-14(21-2)17(24)22-13-10-11-23(12-13)28(25,26)16-9-6-5-8-15(16)27-18(19)20/h3-12,18H,2H2,1H3,(H,22,24). The van der Waals surface area contributed by atoms with Crippen molar-refractivity contribution in [3.63, 3.8) is 0 Å². The molecule has 1 amide bonds. The molecule has 0 aliphatic rings. The van der Waals surface area contributed by atoms with Crippen molar-refractivity contribution in [2.75, 3.05) is 5.32 Å². The summed E-state index contributed by atoms with van der Waals surface area (Å²) in [5.41, 5.74) is 0.195. The molecular weight excluding hydrogens is 392 g/mol. The smallest absolute Gasteiger partial charge is 0.387 e. The number of anilines is 1. The first-order chi connectivity index (χ1) is 13.3. The van der Waals surface area contributed by atoms with E-state index in [1.165, 1.54) is 30.5 Å². The summed E-state index contributed by atoms with van der Waals surface area (Å²) in [5, 5.41) is 2.48. The Kier molecular flexibility index (Phi) is 6.83. The molecule has 2 rings (SSSR count). The van der Waals surface area contributed by atoms with Crippen LogP contribution in [0.25, 0.3) is 0 Å². The second-order valence-electron chi connectivity index (χ2n) is 5.25. The number of halogens is 2. The molecule has 10 heteroatoms. The van der Waals surface area contributed by atoms with Gasteiger partial charge in [-0.15, -0.1) is 0 Å².